The summed E-state index contributed by atoms with van der Waals surface area (Å²) in [5, 5.41) is 11.8. The SMILES string of the molecule is CC(N)=O.CN(C/C=C/C(=O)N1CCCC(n2nc(-c3ccc(Oc4ccccc4)cc3)c3c(N)ncnc32)C1)CCNSc1ccc(Nc2ncc(Br)c(Nc3cccc(F)c3C(N)=O)n2)cc1. The van der Waals surface area contributed by atoms with Crippen LogP contribution in [0, 0.1) is 5.82 Å². The van der Waals surface area contributed by atoms with Crippen LogP contribution in [0.3, 0.4) is 0 Å². The number of hydrogen-bond acceptors (Lipinski definition) is 15. The molecule has 0 spiro atoms. The van der Waals surface area contributed by atoms with Gasteiger partial charge in [0.05, 0.1) is 27.2 Å². The number of rotatable bonds is 17. The number of piperidine rings is 1. The second-order valence-electron chi connectivity index (χ2n) is 15.7. The van der Waals surface area contributed by atoms with Crippen molar-refractivity contribution in [1.82, 2.24) is 44.2 Å². The van der Waals surface area contributed by atoms with E-state index in [1.807, 2.05) is 102 Å². The topological polar surface area (TPSA) is 250 Å². The van der Waals surface area contributed by atoms with Crippen LogP contribution in [0.2, 0.25) is 0 Å². The lowest BCUT2D eigenvalue weighted by Crippen LogP contribution is -2.40. The molecule has 0 saturated carbocycles. The number of ether oxygens (including phenoxy) is 1. The first-order valence-corrected chi connectivity index (χ1v) is 23.3. The van der Waals surface area contributed by atoms with Gasteiger partial charge in [0, 0.05) is 68.1 Å². The molecule has 1 unspecified atom stereocenters. The minimum Gasteiger partial charge on any atom is -0.457 e. The predicted octanol–water partition coefficient (Wildman–Crippen LogP) is 7.59. The molecule has 3 aromatic heterocycles. The van der Waals surface area contributed by atoms with Crippen molar-refractivity contribution in [3.63, 3.8) is 0 Å². The monoisotopic (exact) mass is 1020 g/mol. The lowest BCUT2D eigenvalue weighted by molar-refractivity contribution is -0.127. The van der Waals surface area contributed by atoms with Crippen LogP contribution >= 0.6 is 27.9 Å². The van der Waals surface area contributed by atoms with E-state index in [0.29, 0.717) is 64.8 Å². The number of hydrogen-bond donors (Lipinski definition) is 6. The maximum atomic E-state index is 14.3. The van der Waals surface area contributed by atoms with Gasteiger partial charge in [-0.05, 0) is 121 Å². The fourth-order valence-electron chi connectivity index (χ4n) is 7.27. The first-order chi connectivity index (χ1) is 33.3. The van der Waals surface area contributed by atoms with Gasteiger partial charge >= 0.3 is 0 Å². The summed E-state index contributed by atoms with van der Waals surface area (Å²) < 4.78 is 26.1. The van der Waals surface area contributed by atoms with Crippen LogP contribution < -0.4 is 37.3 Å². The van der Waals surface area contributed by atoms with E-state index in [0.717, 1.165) is 41.3 Å². The van der Waals surface area contributed by atoms with Crippen LogP contribution in [-0.4, -0.2) is 97.0 Å². The molecule has 0 radical (unpaired) electrons. The number of likely N-dealkylation sites (N-methyl/N-ethyl adjacent to an activating group) is 1. The number of nitrogens with zero attached hydrogens (tertiary/aromatic N) is 8. The highest BCUT2D eigenvalue weighted by molar-refractivity contribution is 9.10. The van der Waals surface area contributed by atoms with E-state index in [-0.39, 0.29) is 35.1 Å². The van der Waals surface area contributed by atoms with E-state index < -0.39 is 11.7 Å². The molecule has 1 saturated heterocycles. The lowest BCUT2D eigenvalue weighted by Gasteiger charge is -2.32. The average molecular weight is 1020 g/mol. The summed E-state index contributed by atoms with van der Waals surface area (Å²) in [5.41, 5.74) is 19.1. The summed E-state index contributed by atoms with van der Waals surface area (Å²) in [6.07, 6.45) is 8.22. The van der Waals surface area contributed by atoms with Gasteiger partial charge in [-0.1, -0.05) is 30.3 Å². The van der Waals surface area contributed by atoms with Crippen LogP contribution in [-0.2, 0) is 9.59 Å². The Balaban J connectivity index is 0.00000169. The summed E-state index contributed by atoms with van der Waals surface area (Å²) in [4.78, 5) is 57.2. The molecule has 1 atom stereocenters. The van der Waals surface area contributed by atoms with Gasteiger partial charge < -0.3 is 42.4 Å². The highest BCUT2D eigenvalue weighted by Gasteiger charge is 2.28. The molecule has 1 aliphatic rings. The number of halogens is 2. The van der Waals surface area contributed by atoms with E-state index in [9.17, 15) is 18.8 Å². The highest BCUT2D eigenvalue weighted by Crippen LogP contribution is 2.35. The van der Waals surface area contributed by atoms with Crippen molar-refractivity contribution in [2.45, 2.75) is 30.7 Å². The van der Waals surface area contributed by atoms with E-state index in [1.54, 1.807) is 18.3 Å². The normalized spacial score (nSPS) is 13.5. The maximum absolute atomic E-state index is 14.3. The number of nitrogens with two attached hydrogens (primary N) is 3. The number of fused-ring (bicyclic) bond motifs is 1. The number of primary amides is 2. The third kappa shape index (κ3) is 13.4. The Hall–Kier alpha value is -7.46. The number of carbonyl (C=O) groups excluding carboxylic acids is 3. The van der Waals surface area contributed by atoms with Crippen LogP contribution in [0.25, 0.3) is 22.3 Å². The fourth-order valence-corrected chi connectivity index (χ4v) is 8.19. The molecule has 8 rings (SSSR count). The van der Waals surface area contributed by atoms with Crippen molar-refractivity contribution in [1.29, 1.82) is 0 Å². The number of nitrogens with one attached hydrogen (secondary N) is 3. The Morgan fingerprint density at radius 3 is 2.43 bits per heavy atom. The molecular formula is C48H50BrFN14O4S. The van der Waals surface area contributed by atoms with E-state index in [4.69, 9.17) is 21.3 Å². The number of anilines is 5. The van der Waals surface area contributed by atoms with Crippen molar-refractivity contribution in [2.75, 3.05) is 56.1 Å². The lowest BCUT2D eigenvalue weighted by atomic mass is 10.1. The molecule has 1 aliphatic heterocycles. The zero-order valence-corrected chi connectivity index (χ0v) is 40.1. The number of amides is 3. The zero-order chi connectivity index (χ0) is 48.9. The Labute approximate surface area is 410 Å². The molecule has 0 aliphatic carbocycles. The molecule has 356 valence electrons. The van der Waals surface area contributed by atoms with Crippen molar-refractivity contribution in [3.8, 4) is 22.8 Å². The third-order valence-corrected chi connectivity index (χ3v) is 11.9. The van der Waals surface area contributed by atoms with Crippen LogP contribution in [0.15, 0.2) is 131 Å². The summed E-state index contributed by atoms with van der Waals surface area (Å²) >= 11 is 4.91. The molecule has 0 bridgehead atoms. The summed E-state index contributed by atoms with van der Waals surface area (Å²) in [6.45, 7) is 4.54. The van der Waals surface area contributed by atoms with Gasteiger partial charge in [-0.2, -0.15) is 10.1 Å². The third-order valence-electron chi connectivity index (χ3n) is 10.5. The van der Waals surface area contributed by atoms with Crippen LogP contribution in [0.5, 0.6) is 11.5 Å². The Kier molecular flexibility index (Phi) is 16.8. The number of benzene rings is 4. The summed E-state index contributed by atoms with van der Waals surface area (Å²) in [7, 11) is 2.01. The molecule has 21 heteroatoms. The molecule has 9 N–H and O–H groups in total. The second kappa shape index (κ2) is 23.5. The van der Waals surface area contributed by atoms with E-state index in [2.05, 4.69) is 61.9 Å². The molecule has 4 heterocycles. The highest BCUT2D eigenvalue weighted by atomic mass is 79.9. The average Bonchev–Trinajstić information content (AvgIpc) is 3.73. The zero-order valence-electron chi connectivity index (χ0n) is 37.7. The summed E-state index contributed by atoms with van der Waals surface area (Å²) in [5.74, 6) is 0.409. The van der Waals surface area contributed by atoms with E-state index >= 15 is 0 Å². The van der Waals surface area contributed by atoms with Gasteiger partial charge in [0.2, 0.25) is 17.8 Å². The van der Waals surface area contributed by atoms with Gasteiger partial charge in [0.1, 0.15) is 41.0 Å². The smallest absolute Gasteiger partial charge is 0.253 e. The molecule has 7 aromatic rings. The van der Waals surface area contributed by atoms with Gasteiger partial charge in [-0.25, -0.2) is 24.0 Å². The molecule has 69 heavy (non-hydrogen) atoms. The van der Waals surface area contributed by atoms with Gasteiger partial charge in [0.15, 0.2) is 5.65 Å². The first kappa shape index (κ1) is 49.4. The van der Waals surface area contributed by atoms with Crippen molar-refractivity contribution in [2.24, 2.45) is 11.5 Å². The van der Waals surface area contributed by atoms with E-state index in [1.165, 1.54) is 37.3 Å². The number of para-hydroxylation sites is 1. The Morgan fingerprint density at radius 1 is 0.957 bits per heavy atom. The number of likely N-dealkylation sites (tertiary alicyclic amines) is 1. The van der Waals surface area contributed by atoms with Crippen molar-refractivity contribution in [3.05, 3.63) is 138 Å². The maximum Gasteiger partial charge on any atom is 0.253 e. The molecular weight excluding hydrogens is 968 g/mol. The van der Waals surface area contributed by atoms with Crippen LogP contribution in [0.1, 0.15) is 36.2 Å². The fraction of sp³-hybridized carbons (Fsp3) is 0.208. The summed E-state index contributed by atoms with van der Waals surface area (Å²) in [6, 6.07) is 29.1. The molecule has 18 nitrogen and oxygen atoms in total. The molecule has 4 aromatic carbocycles. The Bertz CT molecular complexity index is 2920. The largest absolute Gasteiger partial charge is 0.457 e. The quantitative estimate of drug-likeness (QED) is 0.0292. The molecule has 3 amide bonds. The second-order valence-corrected chi connectivity index (χ2v) is 17.6. The van der Waals surface area contributed by atoms with Crippen molar-refractivity contribution < 1.29 is 23.5 Å². The number of nitrogen functional groups attached to an aromatic ring is 1. The Morgan fingerprint density at radius 2 is 1.70 bits per heavy atom. The predicted molar refractivity (Wildman–Crippen MR) is 270 cm³/mol. The standard InChI is InChI=1S/C46H45BrFN13O3S.C2H5NO/c1-59(25-22-54-65-34-20-16-30(17-21-34)55-46-51-26-35(47)44(57-46)56-37-12-5-11-36(48)39(37)43(50)63)23-7-13-38(62)60-24-6-8-31(27-60)61-45-40(42(49)52-28-53-45)41(58-61)29-14-18-33(19-15-29)64-32-9-3-2-4-10-32;1-2(3)4/h2-5,7,9-21,26,28,31,54H,6,8,22-25,27H2,1H3,(H2,50,63)(H2,49,52,53)(H2,51,55,56,57);1H3,(H2,3,4)/b13-7+;. The first-order valence-electron chi connectivity index (χ1n) is 21.7. The van der Waals surface area contributed by atoms with Gasteiger partial charge in [-0.15, -0.1) is 0 Å². The molecule has 1 fully saturated rings. The number of carbonyl (C=O) groups is 3. The minimum absolute atomic E-state index is 0.0407. The van der Waals surface area contributed by atoms with Crippen molar-refractivity contribution >= 4 is 85.6 Å². The minimum atomic E-state index is -0.896. The number of aromatic nitrogens is 6. The van der Waals surface area contributed by atoms with Gasteiger partial charge in [0.25, 0.3) is 5.91 Å². The van der Waals surface area contributed by atoms with Gasteiger partial charge in [-0.3, -0.25) is 19.1 Å². The van der Waals surface area contributed by atoms with Crippen LogP contribution in [0.4, 0.5) is 33.3 Å².